The van der Waals surface area contributed by atoms with E-state index in [1.54, 1.807) is 6.33 Å². The molecule has 82 valence electrons. The molecule has 2 aromatic rings. The van der Waals surface area contributed by atoms with E-state index in [2.05, 4.69) is 17.1 Å². The molecule has 0 aliphatic rings. The number of nitrogens with two attached hydrogens (primary N) is 1. The van der Waals surface area contributed by atoms with Gasteiger partial charge in [0.1, 0.15) is 5.82 Å². The van der Waals surface area contributed by atoms with Crippen molar-refractivity contribution in [3.05, 3.63) is 48.4 Å². The highest BCUT2D eigenvalue weighted by Crippen LogP contribution is 2.03. The molecule has 0 fully saturated rings. The Morgan fingerprint density at radius 2 is 1.80 bits per heavy atom. The second-order valence-electron chi connectivity index (χ2n) is 2.96. The summed E-state index contributed by atoms with van der Waals surface area (Å²) in [4.78, 5) is 3.95. The van der Waals surface area contributed by atoms with Gasteiger partial charge in [-0.15, -0.1) is 24.8 Å². The molecule has 0 saturated heterocycles. The van der Waals surface area contributed by atoms with Crippen molar-refractivity contribution in [1.29, 1.82) is 0 Å². The van der Waals surface area contributed by atoms with Gasteiger partial charge >= 0.3 is 0 Å². The molecule has 0 atom stereocenters. The fraction of sp³-hybridized carbons (Fsp3) is 0.100. The Morgan fingerprint density at radius 3 is 2.33 bits per heavy atom. The lowest BCUT2D eigenvalue weighted by atomic mass is 10.2. The van der Waals surface area contributed by atoms with Gasteiger partial charge in [-0.1, -0.05) is 30.3 Å². The van der Waals surface area contributed by atoms with Crippen LogP contribution in [0, 0.1) is 0 Å². The van der Waals surface area contributed by atoms with Crippen LogP contribution in [0.1, 0.15) is 5.56 Å². The van der Waals surface area contributed by atoms with Gasteiger partial charge in [0.15, 0.2) is 0 Å². The predicted octanol–water partition coefficient (Wildman–Crippen LogP) is 2.36. The van der Waals surface area contributed by atoms with E-state index >= 15 is 0 Å². The first-order valence-corrected chi connectivity index (χ1v) is 4.16. The summed E-state index contributed by atoms with van der Waals surface area (Å²) < 4.78 is 1.96. The molecule has 0 bridgehead atoms. The number of nitrogens with zero attached hydrogens (tertiary/aromatic N) is 2. The van der Waals surface area contributed by atoms with E-state index in [9.17, 15) is 0 Å². The smallest absolute Gasteiger partial charge is 0.141 e. The molecule has 2 N–H and O–H groups in total. The zero-order valence-electron chi connectivity index (χ0n) is 8.04. The Bertz CT molecular complexity index is 387. The number of halogens is 2. The summed E-state index contributed by atoms with van der Waals surface area (Å²) in [7, 11) is 0. The van der Waals surface area contributed by atoms with Crippen molar-refractivity contribution in [1.82, 2.24) is 9.55 Å². The Balaban J connectivity index is 0.000000980. The molecule has 15 heavy (non-hydrogen) atoms. The highest BCUT2D eigenvalue weighted by Gasteiger charge is 1.94. The van der Waals surface area contributed by atoms with Crippen molar-refractivity contribution in [2.24, 2.45) is 0 Å². The maximum absolute atomic E-state index is 5.50. The van der Waals surface area contributed by atoms with Crippen molar-refractivity contribution in [3.8, 4) is 0 Å². The largest absolute Gasteiger partial charge is 0.382 e. The van der Waals surface area contributed by atoms with Crippen LogP contribution in [-0.4, -0.2) is 9.55 Å². The molecule has 0 amide bonds. The van der Waals surface area contributed by atoms with Gasteiger partial charge in [0.05, 0.1) is 6.33 Å². The number of benzene rings is 1. The minimum Gasteiger partial charge on any atom is -0.382 e. The minimum absolute atomic E-state index is 0. The van der Waals surface area contributed by atoms with Gasteiger partial charge in [0, 0.05) is 12.7 Å². The lowest BCUT2D eigenvalue weighted by molar-refractivity contribution is 0.797. The molecule has 5 heteroatoms. The topological polar surface area (TPSA) is 43.8 Å². The average Bonchev–Trinajstić information content (AvgIpc) is 2.53. The molecular weight excluding hydrogens is 233 g/mol. The summed E-state index contributed by atoms with van der Waals surface area (Å²) in [6.45, 7) is 0.824. The maximum atomic E-state index is 5.50. The van der Waals surface area contributed by atoms with Crippen molar-refractivity contribution >= 4 is 30.6 Å². The number of anilines is 1. The zero-order valence-corrected chi connectivity index (χ0v) is 9.67. The molecule has 1 heterocycles. The van der Waals surface area contributed by atoms with E-state index in [4.69, 9.17) is 5.73 Å². The number of nitrogen functional groups attached to an aromatic ring is 1. The van der Waals surface area contributed by atoms with Crippen LogP contribution in [0.15, 0.2) is 42.9 Å². The fourth-order valence-electron chi connectivity index (χ4n) is 1.26. The van der Waals surface area contributed by atoms with Gasteiger partial charge in [-0.3, -0.25) is 0 Å². The van der Waals surface area contributed by atoms with E-state index in [0.717, 1.165) is 6.54 Å². The van der Waals surface area contributed by atoms with Crippen LogP contribution in [0.3, 0.4) is 0 Å². The van der Waals surface area contributed by atoms with Gasteiger partial charge in [0.25, 0.3) is 0 Å². The number of aromatic nitrogens is 2. The summed E-state index contributed by atoms with van der Waals surface area (Å²) in [5, 5.41) is 0. The molecule has 0 spiro atoms. The quantitative estimate of drug-likeness (QED) is 0.883. The Kier molecular flexibility index (Phi) is 5.82. The van der Waals surface area contributed by atoms with Crippen LogP contribution < -0.4 is 5.73 Å². The number of imidazole rings is 1. The standard InChI is InChI=1S/C10H11N3.2ClH/c11-10-7-13(8-12-10)6-9-4-2-1-3-5-9;;/h1-5,7-8H,6,11H2;2*1H. The molecule has 0 unspecified atom stereocenters. The molecule has 2 rings (SSSR count). The van der Waals surface area contributed by atoms with Gasteiger partial charge < -0.3 is 10.3 Å². The highest BCUT2D eigenvalue weighted by molar-refractivity contribution is 5.85. The molecular formula is C10H13Cl2N3. The van der Waals surface area contributed by atoms with Crippen LogP contribution in [-0.2, 0) is 6.54 Å². The third kappa shape index (κ3) is 3.81. The van der Waals surface area contributed by atoms with Gasteiger partial charge in [-0.2, -0.15) is 0 Å². The Morgan fingerprint density at radius 1 is 1.13 bits per heavy atom. The van der Waals surface area contributed by atoms with Crippen molar-refractivity contribution in [2.75, 3.05) is 5.73 Å². The minimum atomic E-state index is 0. The molecule has 0 aliphatic carbocycles. The van der Waals surface area contributed by atoms with Crippen molar-refractivity contribution in [2.45, 2.75) is 6.54 Å². The normalized spacial score (nSPS) is 8.80. The van der Waals surface area contributed by atoms with Crippen LogP contribution in [0.4, 0.5) is 5.82 Å². The molecule has 1 aromatic carbocycles. The molecule has 3 nitrogen and oxygen atoms in total. The molecule has 0 radical (unpaired) electrons. The number of rotatable bonds is 2. The van der Waals surface area contributed by atoms with Crippen LogP contribution in [0.5, 0.6) is 0 Å². The summed E-state index contributed by atoms with van der Waals surface area (Å²) in [6.07, 6.45) is 3.56. The molecule has 0 aliphatic heterocycles. The van der Waals surface area contributed by atoms with E-state index in [0.29, 0.717) is 5.82 Å². The summed E-state index contributed by atoms with van der Waals surface area (Å²) in [5.41, 5.74) is 6.75. The van der Waals surface area contributed by atoms with Crippen LogP contribution >= 0.6 is 24.8 Å². The van der Waals surface area contributed by atoms with E-state index in [1.807, 2.05) is 29.0 Å². The first-order valence-electron chi connectivity index (χ1n) is 4.16. The van der Waals surface area contributed by atoms with E-state index in [-0.39, 0.29) is 24.8 Å². The first-order chi connectivity index (χ1) is 6.34. The van der Waals surface area contributed by atoms with Crippen molar-refractivity contribution < 1.29 is 0 Å². The summed E-state index contributed by atoms with van der Waals surface area (Å²) >= 11 is 0. The summed E-state index contributed by atoms with van der Waals surface area (Å²) in [5.74, 6) is 0.566. The molecule has 0 saturated carbocycles. The number of hydrogen-bond donors (Lipinski definition) is 1. The van der Waals surface area contributed by atoms with Crippen LogP contribution in [0.25, 0.3) is 0 Å². The second kappa shape index (κ2) is 6.32. The predicted molar refractivity (Wildman–Crippen MR) is 66.7 cm³/mol. The highest BCUT2D eigenvalue weighted by atomic mass is 35.5. The van der Waals surface area contributed by atoms with Crippen molar-refractivity contribution in [3.63, 3.8) is 0 Å². The number of hydrogen-bond acceptors (Lipinski definition) is 2. The van der Waals surface area contributed by atoms with E-state index < -0.39 is 0 Å². The third-order valence-corrected chi connectivity index (χ3v) is 1.86. The monoisotopic (exact) mass is 245 g/mol. The summed E-state index contributed by atoms with van der Waals surface area (Å²) in [6, 6.07) is 10.2. The average molecular weight is 246 g/mol. The second-order valence-corrected chi connectivity index (χ2v) is 2.96. The maximum Gasteiger partial charge on any atom is 0.141 e. The lowest BCUT2D eigenvalue weighted by Crippen LogP contribution is -1.95. The van der Waals surface area contributed by atoms with Gasteiger partial charge in [0.2, 0.25) is 0 Å². The first kappa shape index (κ1) is 13.8. The molecule has 1 aromatic heterocycles. The SMILES string of the molecule is Cl.Cl.Nc1cn(Cc2ccccc2)cn1. The van der Waals surface area contributed by atoms with Crippen LogP contribution in [0.2, 0.25) is 0 Å². The van der Waals surface area contributed by atoms with Gasteiger partial charge in [-0.05, 0) is 5.56 Å². The lowest BCUT2D eigenvalue weighted by Gasteiger charge is -2.00. The zero-order chi connectivity index (χ0) is 9.10. The Hall–Kier alpha value is -1.19. The van der Waals surface area contributed by atoms with Gasteiger partial charge in [-0.25, -0.2) is 4.98 Å². The Labute approximate surface area is 101 Å². The third-order valence-electron chi connectivity index (χ3n) is 1.86. The van der Waals surface area contributed by atoms with E-state index in [1.165, 1.54) is 5.56 Å². The fourth-order valence-corrected chi connectivity index (χ4v) is 1.26.